The summed E-state index contributed by atoms with van der Waals surface area (Å²) in [5, 5.41) is 15.3. The van der Waals surface area contributed by atoms with Gasteiger partial charge in [0.25, 0.3) is 5.88 Å². The first-order valence-corrected chi connectivity index (χ1v) is 8.15. The van der Waals surface area contributed by atoms with E-state index in [4.69, 9.17) is 15.0 Å². The van der Waals surface area contributed by atoms with Crippen LogP contribution < -0.4 is 15.2 Å². The Hall–Kier alpha value is -3.94. The fourth-order valence-electron chi connectivity index (χ4n) is 2.56. The van der Waals surface area contributed by atoms with Crippen molar-refractivity contribution in [2.24, 2.45) is 0 Å². The molecule has 0 aliphatic rings. The quantitative estimate of drug-likeness (QED) is 0.429. The van der Waals surface area contributed by atoms with Crippen LogP contribution in [0.15, 0.2) is 71.8 Å². The molecule has 0 aliphatic carbocycles. The number of nitrogens with zero attached hydrogens (tertiary/aromatic N) is 4. The zero-order valence-electron chi connectivity index (χ0n) is 14.1. The number of nitrogen functional groups attached to an aromatic ring is 1. The van der Waals surface area contributed by atoms with Crippen molar-refractivity contribution in [3.63, 3.8) is 0 Å². The number of benzene rings is 1. The van der Waals surface area contributed by atoms with E-state index in [0.717, 1.165) is 11.3 Å². The van der Waals surface area contributed by atoms with E-state index in [9.17, 15) is 5.21 Å². The van der Waals surface area contributed by atoms with Crippen LogP contribution in [0.4, 0.5) is 5.82 Å². The molecule has 8 nitrogen and oxygen atoms in total. The Kier molecular flexibility index (Phi) is 4.36. The van der Waals surface area contributed by atoms with Crippen molar-refractivity contribution < 1.29 is 14.0 Å². The number of ether oxygens (including phenoxy) is 1. The van der Waals surface area contributed by atoms with Crippen molar-refractivity contribution in [3.8, 4) is 23.0 Å². The number of hydrogen-bond donors (Lipinski definition) is 1. The van der Waals surface area contributed by atoms with Crippen LogP contribution >= 0.6 is 0 Å². The number of rotatable bonds is 5. The van der Waals surface area contributed by atoms with Crippen LogP contribution in [0.1, 0.15) is 11.3 Å². The highest BCUT2D eigenvalue weighted by atomic mass is 16.5. The van der Waals surface area contributed by atoms with Gasteiger partial charge < -0.3 is 20.2 Å². The molecule has 0 radical (unpaired) electrons. The summed E-state index contributed by atoms with van der Waals surface area (Å²) in [5.41, 5.74) is 8.38. The van der Waals surface area contributed by atoms with Gasteiger partial charge in [0.05, 0.1) is 17.5 Å². The van der Waals surface area contributed by atoms with Gasteiger partial charge in [-0.25, -0.2) is 9.97 Å². The average Bonchev–Trinajstić information content (AvgIpc) is 3.12. The van der Waals surface area contributed by atoms with Crippen LogP contribution in [0, 0.1) is 5.21 Å². The van der Waals surface area contributed by atoms with E-state index in [1.54, 1.807) is 24.4 Å². The van der Waals surface area contributed by atoms with Gasteiger partial charge in [0.2, 0.25) is 6.20 Å². The largest absolute Gasteiger partial charge is 0.619 e. The Balaban J connectivity index is 1.45. The van der Waals surface area contributed by atoms with Crippen molar-refractivity contribution in [2.75, 3.05) is 5.73 Å². The second-order valence-electron chi connectivity index (χ2n) is 5.80. The number of anilines is 1. The predicted molar refractivity (Wildman–Crippen MR) is 96.7 cm³/mol. The summed E-state index contributed by atoms with van der Waals surface area (Å²) in [7, 11) is 0. The van der Waals surface area contributed by atoms with Gasteiger partial charge in [-0.3, -0.25) is 0 Å². The van der Waals surface area contributed by atoms with E-state index in [0.29, 0.717) is 34.0 Å². The molecule has 4 aromatic rings. The molecule has 0 bridgehead atoms. The van der Waals surface area contributed by atoms with Crippen molar-refractivity contribution in [1.82, 2.24) is 15.1 Å². The normalized spacial score (nSPS) is 10.7. The van der Waals surface area contributed by atoms with Crippen molar-refractivity contribution >= 4 is 5.82 Å². The third-order valence-corrected chi connectivity index (χ3v) is 3.85. The van der Waals surface area contributed by atoms with Gasteiger partial charge in [0.15, 0.2) is 12.0 Å². The van der Waals surface area contributed by atoms with E-state index in [1.165, 1.54) is 18.6 Å². The molecule has 0 aliphatic heterocycles. The van der Waals surface area contributed by atoms with Crippen LogP contribution in [-0.4, -0.2) is 15.1 Å². The van der Waals surface area contributed by atoms with E-state index < -0.39 is 0 Å². The lowest BCUT2D eigenvalue weighted by Gasteiger charge is -2.05. The summed E-state index contributed by atoms with van der Waals surface area (Å²) < 4.78 is 11.6. The van der Waals surface area contributed by atoms with Crippen molar-refractivity contribution in [2.45, 2.75) is 6.42 Å². The lowest BCUT2D eigenvalue weighted by molar-refractivity contribution is -0.606. The van der Waals surface area contributed by atoms with Gasteiger partial charge >= 0.3 is 0 Å². The molecule has 8 heteroatoms. The van der Waals surface area contributed by atoms with Gasteiger partial charge in [-0.1, -0.05) is 17.3 Å². The molecule has 0 atom stereocenters. The molecule has 0 amide bonds. The fraction of sp³-hybridized carbons (Fsp3) is 0.0526. The Morgan fingerprint density at radius 2 is 1.96 bits per heavy atom. The molecule has 0 fully saturated rings. The highest BCUT2D eigenvalue weighted by Gasteiger charge is 2.11. The zero-order chi connectivity index (χ0) is 18.6. The maximum absolute atomic E-state index is 11.2. The minimum Gasteiger partial charge on any atom is -0.619 e. The first kappa shape index (κ1) is 16.5. The minimum absolute atomic E-state index is 0.232. The van der Waals surface area contributed by atoms with Crippen molar-refractivity contribution in [1.29, 1.82) is 0 Å². The smallest absolute Gasteiger partial charge is 0.286 e. The summed E-state index contributed by atoms with van der Waals surface area (Å²) in [6.45, 7) is 0. The zero-order valence-corrected chi connectivity index (χ0v) is 14.1. The molecule has 1 aromatic carbocycles. The van der Waals surface area contributed by atoms with E-state index >= 15 is 0 Å². The maximum Gasteiger partial charge on any atom is 0.286 e. The van der Waals surface area contributed by atoms with Crippen molar-refractivity contribution in [3.05, 3.63) is 83.7 Å². The summed E-state index contributed by atoms with van der Waals surface area (Å²) >= 11 is 0. The second-order valence-corrected chi connectivity index (χ2v) is 5.80. The van der Waals surface area contributed by atoms with Crippen LogP contribution in [0.25, 0.3) is 11.3 Å². The van der Waals surface area contributed by atoms with Crippen LogP contribution in [0.5, 0.6) is 11.6 Å². The van der Waals surface area contributed by atoms with Gasteiger partial charge in [0.1, 0.15) is 11.6 Å². The first-order chi connectivity index (χ1) is 13.2. The SMILES string of the molecule is Nc1ncccc1-c1cc(Cc2ccc(Oc3c[n+]([O-])ccn3)cc2)no1. The highest BCUT2D eigenvalue weighted by molar-refractivity contribution is 5.69. The van der Waals surface area contributed by atoms with Crippen LogP contribution in [-0.2, 0) is 6.42 Å². The van der Waals surface area contributed by atoms with Gasteiger partial charge in [-0.2, -0.15) is 4.73 Å². The molecule has 0 saturated heterocycles. The molecule has 0 spiro atoms. The number of hydrogen-bond acceptors (Lipinski definition) is 7. The topological polar surface area (TPSA) is 114 Å². The van der Waals surface area contributed by atoms with Gasteiger partial charge in [0, 0.05) is 18.7 Å². The Morgan fingerprint density at radius 3 is 2.74 bits per heavy atom. The molecule has 3 aromatic heterocycles. The standard InChI is InChI=1S/C19H15N5O3/c20-19-16(2-1-7-22-19)17-11-14(23-27-17)10-13-3-5-15(6-4-13)26-18-12-24(25)9-8-21-18/h1-9,11-12H,10H2,(H2,20,22). The van der Waals surface area contributed by atoms with Gasteiger partial charge in [-0.15, -0.1) is 0 Å². The van der Waals surface area contributed by atoms with E-state index in [-0.39, 0.29) is 5.88 Å². The average molecular weight is 361 g/mol. The molecule has 134 valence electrons. The Morgan fingerprint density at radius 1 is 1.11 bits per heavy atom. The molecule has 4 rings (SSSR count). The molecule has 3 heterocycles. The van der Waals surface area contributed by atoms with Crippen LogP contribution in [0.3, 0.4) is 0 Å². The summed E-state index contributed by atoms with van der Waals surface area (Å²) in [6, 6.07) is 12.9. The molecular formula is C19H15N5O3. The summed E-state index contributed by atoms with van der Waals surface area (Å²) in [5.74, 6) is 1.80. The summed E-state index contributed by atoms with van der Waals surface area (Å²) in [4.78, 5) is 8.03. The number of aromatic nitrogens is 4. The third kappa shape index (κ3) is 3.84. The molecule has 27 heavy (non-hydrogen) atoms. The lowest BCUT2D eigenvalue weighted by atomic mass is 10.1. The number of nitrogens with two attached hydrogens (primary N) is 1. The highest BCUT2D eigenvalue weighted by Crippen LogP contribution is 2.26. The van der Waals surface area contributed by atoms with Gasteiger partial charge in [-0.05, 0) is 29.8 Å². The van der Waals surface area contributed by atoms with E-state index in [1.807, 2.05) is 24.3 Å². The minimum atomic E-state index is 0.232. The van der Waals surface area contributed by atoms with Crippen LogP contribution in [0.2, 0.25) is 0 Å². The van der Waals surface area contributed by atoms with E-state index in [2.05, 4.69) is 15.1 Å². The third-order valence-electron chi connectivity index (χ3n) is 3.85. The predicted octanol–water partition coefficient (Wildman–Crippen LogP) is 2.73. The number of pyridine rings is 1. The monoisotopic (exact) mass is 361 g/mol. The lowest BCUT2D eigenvalue weighted by Crippen LogP contribution is -2.24. The second kappa shape index (κ2) is 7.12. The fourth-order valence-corrected chi connectivity index (χ4v) is 2.56. The Bertz CT molecular complexity index is 1060. The molecule has 2 N–H and O–H groups in total. The molecule has 0 unspecified atom stereocenters. The maximum atomic E-state index is 11.2. The molecular weight excluding hydrogens is 346 g/mol. The molecule has 0 saturated carbocycles. The first-order valence-electron chi connectivity index (χ1n) is 8.15. The summed E-state index contributed by atoms with van der Waals surface area (Å²) in [6.07, 6.45) is 6.15. The Labute approximate surface area is 154 Å².